The van der Waals surface area contributed by atoms with Gasteiger partial charge in [-0.1, -0.05) is 17.7 Å². The maximum absolute atomic E-state index is 11.9. The highest BCUT2D eigenvalue weighted by molar-refractivity contribution is 7.86. The van der Waals surface area contributed by atoms with E-state index < -0.39 is 10.1 Å². The molecule has 0 saturated carbocycles. The van der Waals surface area contributed by atoms with E-state index in [1.54, 1.807) is 26.2 Å². The highest BCUT2D eigenvalue weighted by Crippen LogP contribution is 2.20. The Balaban J connectivity index is 3.14. The number of ether oxygens (including phenoxy) is 1. The summed E-state index contributed by atoms with van der Waals surface area (Å²) in [6.07, 6.45) is 0.555. The lowest BCUT2D eigenvalue weighted by Gasteiger charge is -2.10. The minimum absolute atomic E-state index is 0.139. The van der Waals surface area contributed by atoms with E-state index in [-0.39, 0.29) is 11.5 Å². The molecule has 1 aromatic rings. The van der Waals surface area contributed by atoms with Crippen molar-refractivity contribution in [2.45, 2.75) is 25.2 Å². The third-order valence-corrected chi connectivity index (χ3v) is 3.82. The number of rotatable bonds is 6. The van der Waals surface area contributed by atoms with Gasteiger partial charge in [0.1, 0.15) is 0 Å². The number of hydrogen-bond donors (Lipinski definition) is 0. The first-order valence-corrected chi connectivity index (χ1v) is 6.90. The molecule has 5 heteroatoms. The van der Waals surface area contributed by atoms with Crippen molar-refractivity contribution in [1.82, 2.24) is 0 Å². The molecule has 0 N–H and O–H groups in total. The van der Waals surface area contributed by atoms with Gasteiger partial charge in [0.2, 0.25) is 0 Å². The van der Waals surface area contributed by atoms with Gasteiger partial charge in [-0.15, -0.1) is 0 Å². The van der Waals surface area contributed by atoms with Crippen LogP contribution in [0.2, 0.25) is 0 Å². The molecule has 0 fully saturated rings. The summed E-state index contributed by atoms with van der Waals surface area (Å²) in [6, 6.07) is 5.21. The topological polar surface area (TPSA) is 52.6 Å². The molecule has 0 aliphatic rings. The van der Waals surface area contributed by atoms with Crippen LogP contribution in [0.4, 0.5) is 0 Å². The summed E-state index contributed by atoms with van der Waals surface area (Å²) >= 11 is 0. The number of aryl methyl sites for hydroxylation is 1. The van der Waals surface area contributed by atoms with Crippen molar-refractivity contribution in [3.8, 4) is 0 Å². The summed E-state index contributed by atoms with van der Waals surface area (Å²) in [5.41, 5.74) is 1.76. The molecular formula is C12H18O4S. The molecule has 0 bridgehead atoms. The van der Waals surface area contributed by atoms with Crippen LogP contribution in [0, 0.1) is 6.92 Å². The fraction of sp³-hybridized carbons (Fsp3) is 0.500. The Morgan fingerprint density at radius 3 is 2.59 bits per heavy atom. The minimum Gasteiger partial charge on any atom is -0.384 e. The van der Waals surface area contributed by atoms with Crippen LogP contribution >= 0.6 is 0 Å². The van der Waals surface area contributed by atoms with Gasteiger partial charge in [-0.2, -0.15) is 8.42 Å². The second-order valence-electron chi connectivity index (χ2n) is 3.71. The van der Waals surface area contributed by atoms with Crippen molar-refractivity contribution < 1.29 is 17.3 Å². The Morgan fingerprint density at radius 2 is 2.00 bits per heavy atom. The normalized spacial score (nSPS) is 11.7. The molecule has 1 aromatic carbocycles. The molecule has 17 heavy (non-hydrogen) atoms. The monoisotopic (exact) mass is 258 g/mol. The lowest BCUT2D eigenvalue weighted by molar-refractivity contribution is 0.201. The van der Waals surface area contributed by atoms with E-state index in [9.17, 15) is 8.42 Å². The first kappa shape index (κ1) is 14.2. The molecule has 0 aliphatic carbocycles. The summed E-state index contributed by atoms with van der Waals surface area (Å²) in [4.78, 5) is 0.238. The molecule has 0 spiro atoms. The Morgan fingerprint density at radius 1 is 1.29 bits per heavy atom. The van der Waals surface area contributed by atoms with E-state index in [1.807, 2.05) is 13.0 Å². The van der Waals surface area contributed by atoms with Gasteiger partial charge < -0.3 is 4.74 Å². The number of benzene rings is 1. The van der Waals surface area contributed by atoms with Gasteiger partial charge in [0.15, 0.2) is 0 Å². The van der Waals surface area contributed by atoms with Crippen LogP contribution in [0.5, 0.6) is 0 Å². The first-order chi connectivity index (χ1) is 8.01. The SMILES string of the molecule is CCOS(=O)(=O)c1ccc(C)cc1CCOC. The zero-order valence-electron chi connectivity index (χ0n) is 10.4. The average Bonchev–Trinajstić information content (AvgIpc) is 2.26. The van der Waals surface area contributed by atoms with Crippen molar-refractivity contribution in [1.29, 1.82) is 0 Å². The molecule has 0 unspecified atom stereocenters. The van der Waals surface area contributed by atoms with Gasteiger partial charge in [-0.3, -0.25) is 4.18 Å². The Hall–Kier alpha value is -0.910. The summed E-state index contributed by atoms with van der Waals surface area (Å²) in [7, 11) is -2.05. The molecule has 0 saturated heterocycles. The second-order valence-corrected chi connectivity index (χ2v) is 5.30. The fourth-order valence-corrected chi connectivity index (χ4v) is 2.73. The predicted molar refractivity (Wildman–Crippen MR) is 65.6 cm³/mol. The minimum atomic E-state index is -3.64. The van der Waals surface area contributed by atoms with E-state index in [0.717, 1.165) is 11.1 Å². The van der Waals surface area contributed by atoms with Crippen LogP contribution in [0.3, 0.4) is 0 Å². The van der Waals surface area contributed by atoms with E-state index >= 15 is 0 Å². The summed E-state index contributed by atoms with van der Waals surface area (Å²) in [5.74, 6) is 0. The maximum Gasteiger partial charge on any atom is 0.297 e. The molecule has 96 valence electrons. The quantitative estimate of drug-likeness (QED) is 0.731. The summed E-state index contributed by atoms with van der Waals surface area (Å²) in [5, 5.41) is 0. The van der Waals surface area contributed by atoms with Gasteiger partial charge >= 0.3 is 0 Å². The van der Waals surface area contributed by atoms with Crippen molar-refractivity contribution in [2.24, 2.45) is 0 Å². The lowest BCUT2D eigenvalue weighted by Crippen LogP contribution is -2.10. The Kier molecular flexibility index (Phi) is 5.11. The van der Waals surface area contributed by atoms with Crippen molar-refractivity contribution in [3.05, 3.63) is 29.3 Å². The van der Waals surface area contributed by atoms with Crippen LogP contribution < -0.4 is 0 Å². The average molecular weight is 258 g/mol. The predicted octanol–water partition coefficient (Wildman–Crippen LogP) is 1.91. The molecule has 0 aliphatic heterocycles. The van der Waals surface area contributed by atoms with E-state index in [1.165, 1.54) is 0 Å². The molecule has 0 radical (unpaired) electrons. The molecular weight excluding hydrogens is 240 g/mol. The molecule has 1 rings (SSSR count). The molecule has 0 atom stereocenters. The zero-order valence-corrected chi connectivity index (χ0v) is 11.2. The van der Waals surface area contributed by atoms with Crippen LogP contribution in [-0.4, -0.2) is 28.7 Å². The van der Waals surface area contributed by atoms with Crippen molar-refractivity contribution in [3.63, 3.8) is 0 Å². The first-order valence-electron chi connectivity index (χ1n) is 5.49. The van der Waals surface area contributed by atoms with Gasteiger partial charge in [0.05, 0.1) is 18.1 Å². The van der Waals surface area contributed by atoms with Crippen LogP contribution in [0.1, 0.15) is 18.1 Å². The van der Waals surface area contributed by atoms with Gasteiger partial charge in [0, 0.05) is 7.11 Å². The largest absolute Gasteiger partial charge is 0.384 e. The molecule has 0 aromatic heterocycles. The molecule has 4 nitrogen and oxygen atoms in total. The standard InChI is InChI=1S/C12H18O4S/c1-4-16-17(13,14)12-6-5-10(2)9-11(12)7-8-15-3/h5-6,9H,4,7-8H2,1-3H3. The van der Waals surface area contributed by atoms with Crippen LogP contribution in [-0.2, 0) is 25.5 Å². The number of methoxy groups -OCH3 is 1. The third kappa shape index (κ3) is 3.80. The summed E-state index contributed by atoms with van der Waals surface area (Å²) in [6.45, 7) is 4.20. The van der Waals surface area contributed by atoms with E-state index in [2.05, 4.69) is 0 Å². The van der Waals surface area contributed by atoms with Crippen molar-refractivity contribution in [2.75, 3.05) is 20.3 Å². The molecule has 0 amide bonds. The van der Waals surface area contributed by atoms with Gasteiger partial charge in [0.25, 0.3) is 10.1 Å². The van der Waals surface area contributed by atoms with Gasteiger partial charge in [-0.25, -0.2) is 0 Å². The highest BCUT2D eigenvalue weighted by atomic mass is 32.2. The van der Waals surface area contributed by atoms with Crippen molar-refractivity contribution >= 4 is 10.1 Å². The highest BCUT2D eigenvalue weighted by Gasteiger charge is 2.18. The lowest BCUT2D eigenvalue weighted by atomic mass is 10.1. The number of hydrogen-bond acceptors (Lipinski definition) is 4. The summed E-state index contributed by atoms with van der Waals surface area (Å²) < 4.78 is 33.5. The third-order valence-electron chi connectivity index (χ3n) is 2.33. The van der Waals surface area contributed by atoms with E-state index in [4.69, 9.17) is 8.92 Å². The van der Waals surface area contributed by atoms with E-state index in [0.29, 0.717) is 13.0 Å². The maximum atomic E-state index is 11.9. The Bertz CT molecular complexity index is 465. The van der Waals surface area contributed by atoms with Crippen LogP contribution in [0.25, 0.3) is 0 Å². The zero-order chi connectivity index (χ0) is 12.9. The van der Waals surface area contributed by atoms with Crippen LogP contribution in [0.15, 0.2) is 23.1 Å². The van der Waals surface area contributed by atoms with Gasteiger partial charge in [-0.05, 0) is 31.9 Å². The smallest absolute Gasteiger partial charge is 0.297 e. The fourth-order valence-electron chi connectivity index (χ4n) is 1.58. The Labute approximate surface area is 103 Å². The second kappa shape index (κ2) is 6.14. The molecule has 0 heterocycles.